The molecule has 0 spiro atoms. The van der Waals surface area contributed by atoms with Gasteiger partial charge >= 0.3 is 0 Å². The summed E-state index contributed by atoms with van der Waals surface area (Å²) in [6.45, 7) is 3.52. The molecule has 0 unspecified atom stereocenters. The van der Waals surface area contributed by atoms with Crippen molar-refractivity contribution >= 4 is 11.8 Å². The molecule has 0 amide bonds. The maximum absolute atomic E-state index is 4.54. The first-order valence-electron chi connectivity index (χ1n) is 8.56. The Labute approximate surface area is 148 Å². The Morgan fingerprint density at radius 2 is 1.76 bits per heavy atom. The van der Waals surface area contributed by atoms with Gasteiger partial charge in [-0.15, -0.1) is 0 Å². The summed E-state index contributed by atoms with van der Waals surface area (Å²) in [6.07, 6.45) is 5.71. The van der Waals surface area contributed by atoms with Gasteiger partial charge in [0.25, 0.3) is 0 Å². The number of anilines is 2. The molecule has 5 nitrogen and oxygen atoms in total. The van der Waals surface area contributed by atoms with Crippen molar-refractivity contribution < 1.29 is 0 Å². The van der Waals surface area contributed by atoms with E-state index in [-0.39, 0.29) is 0 Å². The standard InChI is InChI=1S/C20H23N5/c1-16-13-19(23-15-18-10-5-11-21-14-18)25-20(24-16)22-12-6-9-17-7-3-2-4-8-17/h2-5,7-8,10-11,13-14H,6,9,12,15H2,1H3,(H2,22,23,24,25). The summed E-state index contributed by atoms with van der Waals surface area (Å²) in [6, 6.07) is 16.4. The summed E-state index contributed by atoms with van der Waals surface area (Å²) in [7, 11) is 0. The summed E-state index contributed by atoms with van der Waals surface area (Å²) in [5.74, 6) is 1.49. The van der Waals surface area contributed by atoms with E-state index < -0.39 is 0 Å². The van der Waals surface area contributed by atoms with Crippen LogP contribution >= 0.6 is 0 Å². The highest BCUT2D eigenvalue weighted by atomic mass is 15.1. The van der Waals surface area contributed by atoms with Gasteiger partial charge in [-0.3, -0.25) is 4.98 Å². The number of benzene rings is 1. The third-order valence-electron chi connectivity index (χ3n) is 3.82. The molecule has 3 rings (SSSR count). The Balaban J connectivity index is 1.50. The molecule has 0 bridgehead atoms. The molecule has 0 aliphatic carbocycles. The van der Waals surface area contributed by atoms with Crippen LogP contribution in [0, 0.1) is 6.92 Å². The molecule has 128 valence electrons. The molecule has 5 heteroatoms. The van der Waals surface area contributed by atoms with E-state index in [4.69, 9.17) is 0 Å². The molecule has 0 saturated carbocycles. The zero-order chi connectivity index (χ0) is 17.3. The third-order valence-corrected chi connectivity index (χ3v) is 3.82. The Bertz CT molecular complexity index is 775. The van der Waals surface area contributed by atoms with Gasteiger partial charge in [0, 0.05) is 37.2 Å². The van der Waals surface area contributed by atoms with E-state index in [9.17, 15) is 0 Å². The molecule has 2 heterocycles. The fourth-order valence-corrected chi connectivity index (χ4v) is 2.57. The lowest BCUT2D eigenvalue weighted by Crippen LogP contribution is -2.09. The van der Waals surface area contributed by atoms with E-state index in [0.29, 0.717) is 12.5 Å². The Morgan fingerprint density at radius 1 is 0.920 bits per heavy atom. The molecule has 2 N–H and O–H groups in total. The molecule has 1 aromatic carbocycles. The van der Waals surface area contributed by atoms with Crippen LogP contribution in [0.1, 0.15) is 23.2 Å². The Hall–Kier alpha value is -2.95. The zero-order valence-corrected chi connectivity index (χ0v) is 14.4. The van der Waals surface area contributed by atoms with E-state index in [0.717, 1.165) is 36.5 Å². The summed E-state index contributed by atoms with van der Waals surface area (Å²) in [5, 5.41) is 6.65. The first kappa shape index (κ1) is 16.9. The minimum atomic E-state index is 0.668. The summed E-state index contributed by atoms with van der Waals surface area (Å²) in [4.78, 5) is 13.1. The van der Waals surface area contributed by atoms with E-state index in [1.807, 2.05) is 37.4 Å². The number of aryl methyl sites for hydroxylation is 2. The van der Waals surface area contributed by atoms with Gasteiger partial charge in [0.1, 0.15) is 5.82 Å². The van der Waals surface area contributed by atoms with Crippen LogP contribution in [0.2, 0.25) is 0 Å². The highest BCUT2D eigenvalue weighted by Gasteiger charge is 2.02. The van der Waals surface area contributed by atoms with Crippen molar-refractivity contribution in [3.63, 3.8) is 0 Å². The topological polar surface area (TPSA) is 62.7 Å². The molecular weight excluding hydrogens is 310 g/mol. The lowest BCUT2D eigenvalue weighted by Gasteiger charge is -2.10. The van der Waals surface area contributed by atoms with Crippen molar-refractivity contribution in [2.24, 2.45) is 0 Å². The van der Waals surface area contributed by atoms with Crippen LogP contribution in [0.4, 0.5) is 11.8 Å². The van der Waals surface area contributed by atoms with Crippen LogP contribution in [-0.4, -0.2) is 21.5 Å². The van der Waals surface area contributed by atoms with Crippen LogP contribution in [0.15, 0.2) is 60.9 Å². The molecule has 0 radical (unpaired) electrons. The van der Waals surface area contributed by atoms with Crippen LogP contribution in [-0.2, 0) is 13.0 Å². The van der Waals surface area contributed by atoms with Gasteiger partial charge in [0.15, 0.2) is 0 Å². The summed E-state index contributed by atoms with van der Waals surface area (Å²) < 4.78 is 0. The largest absolute Gasteiger partial charge is 0.366 e. The van der Waals surface area contributed by atoms with Crippen LogP contribution in [0.5, 0.6) is 0 Å². The normalized spacial score (nSPS) is 10.4. The predicted molar refractivity (Wildman–Crippen MR) is 102 cm³/mol. The first-order chi connectivity index (χ1) is 12.3. The SMILES string of the molecule is Cc1cc(NCc2cccnc2)nc(NCCCc2ccccc2)n1. The van der Waals surface area contributed by atoms with Crippen molar-refractivity contribution in [1.82, 2.24) is 15.0 Å². The van der Waals surface area contributed by atoms with Gasteiger partial charge in [-0.25, -0.2) is 4.98 Å². The molecule has 0 fully saturated rings. The maximum Gasteiger partial charge on any atom is 0.224 e. The molecule has 0 saturated heterocycles. The maximum atomic E-state index is 4.54. The average Bonchev–Trinajstić information content (AvgIpc) is 2.65. The molecule has 2 aromatic heterocycles. The highest BCUT2D eigenvalue weighted by Crippen LogP contribution is 2.11. The van der Waals surface area contributed by atoms with E-state index in [2.05, 4.69) is 49.9 Å². The van der Waals surface area contributed by atoms with Gasteiger partial charge in [-0.2, -0.15) is 4.98 Å². The van der Waals surface area contributed by atoms with Gasteiger partial charge in [-0.1, -0.05) is 36.4 Å². The second-order valence-electron chi connectivity index (χ2n) is 5.95. The number of nitrogens with one attached hydrogen (secondary N) is 2. The summed E-state index contributed by atoms with van der Waals surface area (Å²) in [5.41, 5.74) is 3.42. The number of pyridine rings is 1. The minimum absolute atomic E-state index is 0.668. The van der Waals surface area contributed by atoms with Gasteiger partial charge in [0.2, 0.25) is 5.95 Å². The van der Waals surface area contributed by atoms with Crippen LogP contribution in [0.3, 0.4) is 0 Å². The van der Waals surface area contributed by atoms with Crippen molar-refractivity contribution in [3.05, 3.63) is 77.7 Å². The van der Waals surface area contributed by atoms with Crippen molar-refractivity contribution in [3.8, 4) is 0 Å². The molecule has 0 atom stereocenters. The molecule has 3 aromatic rings. The van der Waals surface area contributed by atoms with E-state index in [1.165, 1.54) is 5.56 Å². The highest BCUT2D eigenvalue weighted by molar-refractivity contribution is 5.42. The zero-order valence-electron chi connectivity index (χ0n) is 14.4. The number of nitrogens with zero attached hydrogens (tertiary/aromatic N) is 3. The Morgan fingerprint density at radius 3 is 2.56 bits per heavy atom. The quantitative estimate of drug-likeness (QED) is 0.613. The van der Waals surface area contributed by atoms with Crippen molar-refractivity contribution in [1.29, 1.82) is 0 Å². The lowest BCUT2D eigenvalue weighted by atomic mass is 10.1. The second-order valence-corrected chi connectivity index (χ2v) is 5.95. The number of hydrogen-bond acceptors (Lipinski definition) is 5. The Kier molecular flexibility index (Phi) is 5.93. The molecular formula is C20H23N5. The van der Waals surface area contributed by atoms with E-state index in [1.54, 1.807) is 6.20 Å². The van der Waals surface area contributed by atoms with Gasteiger partial charge in [0.05, 0.1) is 0 Å². The fourth-order valence-electron chi connectivity index (χ4n) is 2.57. The number of rotatable bonds is 8. The monoisotopic (exact) mass is 333 g/mol. The fraction of sp³-hybridized carbons (Fsp3) is 0.250. The molecule has 0 aliphatic heterocycles. The van der Waals surface area contributed by atoms with Crippen molar-refractivity contribution in [2.75, 3.05) is 17.2 Å². The second kappa shape index (κ2) is 8.78. The van der Waals surface area contributed by atoms with Crippen molar-refractivity contribution in [2.45, 2.75) is 26.3 Å². The third kappa shape index (κ3) is 5.57. The number of aromatic nitrogens is 3. The van der Waals surface area contributed by atoms with Crippen LogP contribution < -0.4 is 10.6 Å². The average molecular weight is 333 g/mol. The van der Waals surface area contributed by atoms with E-state index >= 15 is 0 Å². The first-order valence-corrected chi connectivity index (χ1v) is 8.56. The smallest absolute Gasteiger partial charge is 0.224 e. The molecule has 25 heavy (non-hydrogen) atoms. The summed E-state index contributed by atoms with van der Waals surface area (Å²) >= 11 is 0. The predicted octanol–water partition coefficient (Wildman–Crippen LogP) is 3.84. The molecule has 0 aliphatic rings. The van der Waals surface area contributed by atoms with Crippen LogP contribution in [0.25, 0.3) is 0 Å². The number of hydrogen-bond donors (Lipinski definition) is 2. The van der Waals surface area contributed by atoms with Gasteiger partial charge in [-0.05, 0) is 37.0 Å². The van der Waals surface area contributed by atoms with Gasteiger partial charge < -0.3 is 10.6 Å². The minimum Gasteiger partial charge on any atom is -0.366 e. The lowest BCUT2D eigenvalue weighted by molar-refractivity contribution is 0.851.